The third-order valence-electron chi connectivity index (χ3n) is 4.56. The van der Waals surface area contributed by atoms with Crippen molar-refractivity contribution in [3.63, 3.8) is 0 Å². The normalized spacial score (nSPS) is 12.3. The molecule has 1 aromatic heterocycles. The Balaban J connectivity index is 1.60. The number of aromatic nitrogens is 2. The first-order chi connectivity index (χ1) is 12.8. The van der Waals surface area contributed by atoms with Crippen LogP contribution in [0.3, 0.4) is 0 Å². The Morgan fingerprint density at radius 2 is 2.12 bits per heavy atom. The van der Waals surface area contributed by atoms with E-state index in [4.69, 9.17) is 9.47 Å². The lowest BCUT2D eigenvalue weighted by molar-refractivity contribution is -0.132. The Morgan fingerprint density at radius 3 is 2.92 bits per heavy atom. The van der Waals surface area contributed by atoms with Gasteiger partial charge in [0.05, 0.1) is 6.33 Å². The van der Waals surface area contributed by atoms with Crippen LogP contribution in [0, 0.1) is 0 Å². The Hall–Kier alpha value is -2.50. The Kier molecular flexibility index (Phi) is 6.52. The third-order valence-corrected chi connectivity index (χ3v) is 4.56. The molecule has 0 atom stereocenters. The number of ether oxygens (including phenoxy) is 2. The highest BCUT2D eigenvalue weighted by Crippen LogP contribution is 2.32. The zero-order chi connectivity index (χ0) is 18.2. The van der Waals surface area contributed by atoms with E-state index in [2.05, 4.69) is 11.9 Å². The summed E-state index contributed by atoms with van der Waals surface area (Å²) >= 11 is 0. The lowest BCUT2D eigenvalue weighted by atomic mass is 10.1. The number of hydrogen-bond donors (Lipinski definition) is 0. The van der Waals surface area contributed by atoms with Crippen LogP contribution in [0.25, 0.3) is 0 Å². The predicted octanol–water partition coefficient (Wildman–Crippen LogP) is 3.61. The SMILES string of the molecule is CCCCCC(=O)N(CCCn1ccnc1)Cc1ccc2c(c1)OCO2. The molecule has 140 valence electrons. The summed E-state index contributed by atoms with van der Waals surface area (Å²) in [7, 11) is 0. The molecule has 26 heavy (non-hydrogen) atoms. The number of carbonyl (C=O) groups is 1. The monoisotopic (exact) mass is 357 g/mol. The van der Waals surface area contributed by atoms with Gasteiger partial charge in [0.15, 0.2) is 11.5 Å². The number of fused-ring (bicyclic) bond motifs is 1. The van der Waals surface area contributed by atoms with Crippen LogP contribution in [0.1, 0.15) is 44.6 Å². The van der Waals surface area contributed by atoms with Crippen molar-refractivity contribution in [1.29, 1.82) is 0 Å². The van der Waals surface area contributed by atoms with Gasteiger partial charge in [-0.1, -0.05) is 25.8 Å². The number of unbranched alkanes of at least 4 members (excludes halogenated alkanes) is 2. The Labute approximate surface area is 154 Å². The summed E-state index contributed by atoms with van der Waals surface area (Å²) in [5, 5.41) is 0. The maximum absolute atomic E-state index is 12.7. The molecule has 1 aromatic carbocycles. The van der Waals surface area contributed by atoms with E-state index in [0.717, 1.165) is 55.8 Å². The number of rotatable bonds is 10. The number of nitrogens with zero attached hydrogens (tertiary/aromatic N) is 3. The first-order valence-corrected chi connectivity index (χ1v) is 9.38. The van der Waals surface area contributed by atoms with Crippen LogP contribution in [0.2, 0.25) is 0 Å². The van der Waals surface area contributed by atoms with Crippen LogP contribution in [0.4, 0.5) is 0 Å². The molecule has 3 rings (SSSR count). The molecule has 1 aliphatic heterocycles. The van der Waals surface area contributed by atoms with Crippen molar-refractivity contribution in [3.05, 3.63) is 42.5 Å². The van der Waals surface area contributed by atoms with E-state index in [-0.39, 0.29) is 12.7 Å². The van der Waals surface area contributed by atoms with Crippen LogP contribution >= 0.6 is 0 Å². The minimum absolute atomic E-state index is 0.224. The highest BCUT2D eigenvalue weighted by molar-refractivity contribution is 5.76. The van der Waals surface area contributed by atoms with Gasteiger partial charge in [-0.15, -0.1) is 0 Å². The van der Waals surface area contributed by atoms with Crippen LogP contribution in [0.5, 0.6) is 11.5 Å². The van der Waals surface area contributed by atoms with Gasteiger partial charge in [-0.2, -0.15) is 0 Å². The highest BCUT2D eigenvalue weighted by atomic mass is 16.7. The number of benzene rings is 1. The van der Waals surface area contributed by atoms with E-state index in [0.29, 0.717) is 13.0 Å². The molecule has 0 aliphatic carbocycles. The highest BCUT2D eigenvalue weighted by Gasteiger charge is 2.17. The van der Waals surface area contributed by atoms with Crippen molar-refractivity contribution in [3.8, 4) is 11.5 Å². The van der Waals surface area contributed by atoms with E-state index in [1.165, 1.54) is 0 Å². The van der Waals surface area contributed by atoms with E-state index in [1.54, 1.807) is 6.20 Å². The van der Waals surface area contributed by atoms with E-state index < -0.39 is 0 Å². The number of aryl methyl sites for hydroxylation is 1. The van der Waals surface area contributed by atoms with E-state index in [1.807, 2.05) is 40.2 Å². The molecular formula is C20H27N3O3. The van der Waals surface area contributed by atoms with Crippen molar-refractivity contribution in [2.75, 3.05) is 13.3 Å². The molecule has 1 amide bonds. The molecule has 0 unspecified atom stereocenters. The fraction of sp³-hybridized carbons (Fsp3) is 0.500. The molecule has 0 radical (unpaired) electrons. The zero-order valence-electron chi connectivity index (χ0n) is 15.4. The van der Waals surface area contributed by atoms with Crippen LogP contribution in [-0.2, 0) is 17.9 Å². The number of imidazole rings is 1. The van der Waals surface area contributed by atoms with Gasteiger partial charge >= 0.3 is 0 Å². The molecular weight excluding hydrogens is 330 g/mol. The Bertz CT molecular complexity index is 700. The summed E-state index contributed by atoms with van der Waals surface area (Å²) in [6, 6.07) is 5.91. The lowest BCUT2D eigenvalue weighted by Gasteiger charge is -2.23. The van der Waals surface area contributed by atoms with Gasteiger partial charge in [0.25, 0.3) is 0 Å². The second-order valence-corrected chi connectivity index (χ2v) is 6.61. The van der Waals surface area contributed by atoms with Gasteiger partial charge in [0.1, 0.15) is 0 Å². The smallest absolute Gasteiger partial charge is 0.231 e. The minimum Gasteiger partial charge on any atom is -0.454 e. The summed E-state index contributed by atoms with van der Waals surface area (Å²) in [4.78, 5) is 18.7. The van der Waals surface area contributed by atoms with E-state index >= 15 is 0 Å². The standard InChI is InChI=1S/C20H27N3O3/c1-2-3-4-6-20(24)23(11-5-10-22-12-9-21-15-22)14-17-7-8-18-19(13-17)26-16-25-18/h7-9,12-13,15H,2-6,10-11,14,16H2,1H3. The molecule has 1 aliphatic rings. The molecule has 0 bridgehead atoms. The molecule has 0 spiro atoms. The molecule has 0 fully saturated rings. The molecule has 6 nitrogen and oxygen atoms in total. The van der Waals surface area contributed by atoms with Gasteiger partial charge < -0.3 is 18.9 Å². The Morgan fingerprint density at radius 1 is 1.23 bits per heavy atom. The second kappa shape index (κ2) is 9.27. The van der Waals surface area contributed by atoms with Gasteiger partial charge in [-0.05, 0) is 30.5 Å². The lowest BCUT2D eigenvalue weighted by Crippen LogP contribution is -2.31. The second-order valence-electron chi connectivity index (χ2n) is 6.61. The fourth-order valence-electron chi connectivity index (χ4n) is 3.10. The first-order valence-electron chi connectivity index (χ1n) is 9.38. The molecule has 0 saturated carbocycles. The average molecular weight is 357 g/mol. The van der Waals surface area contributed by atoms with Crippen LogP contribution in [0.15, 0.2) is 36.9 Å². The average Bonchev–Trinajstić information content (AvgIpc) is 3.32. The molecule has 6 heteroatoms. The minimum atomic E-state index is 0.224. The summed E-state index contributed by atoms with van der Waals surface area (Å²) in [5.74, 6) is 1.76. The molecule has 2 aromatic rings. The van der Waals surface area contributed by atoms with Crippen molar-refractivity contribution in [1.82, 2.24) is 14.5 Å². The number of amides is 1. The van der Waals surface area contributed by atoms with Crippen LogP contribution in [-0.4, -0.2) is 33.7 Å². The van der Waals surface area contributed by atoms with Gasteiger partial charge in [-0.25, -0.2) is 4.98 Å². The zero-order valence-corrected chi connectivity index (χ0v) is 15.4. The molecule has 0 N–H and O–H groups in total. The topological polar surface area (TPSA) is 56.6 Å². The number of carbonyl (C=O) groups excluding carboxylic acids is 1. The predicted molar refractivity (Wildman–Crippen MR) is 99.0 cm³/mol. The van der Waals surface area contributed by atoms with Crippen molar-refractivity contribution in [2.24, 2.45) is 0 Å². The van der Waals surface area contributed by atoms with Gasteiger partial charge in [-0.3, -0.25) is 4.79 Å². The maximum Gasteiger partial charge on any atom is 0.231 e. The third kappa shape index (κ3) is 5.00. The summed E-state index contributed by atoms with van der Waals surface area (Å²) in [6.45, 7) is 4.62. The van der Waals surface area contributed by atoms with Crippen molar-refractivity contribution in [2.45, 2.75) is 52.1 Å². The summed E-state index contributed by atoms with van der Waals surface area (Å²) in [6.07, 6.45) is 10.2. The quantitative estimate of drug-likeness (QED) is 0.610. The molecule has 2 heterocycles. The largest absolute Gasteiger partial charge is 0.454 e. The fourth-order valence-corrected chi connectivity index (χ4v) is 3.10. The molecule has 0 saturated heterocycles. The first kappa shape index (κ1) is 18.3. The maximum atomic E-state index is 12.7. The summed E-state index contributed by atoms with van der Waals surface area (Å²) < 4.78 is 12.9. The van der Waals surface area contributed by atoms with Crippen molar-refractivity contribution >= 4 is 5.91 Å². The van der Waals surface area contributed by atoms with E-state index in [9.17, 15) is 4.79 Å². The van der Waals surface area contributed by atoms with Crippen molar-refractivity contribution < 1.29 is 14.3 Å². The van der Waals surface area contributed by atoms with Crippen LogP contribution < -0.4 is 9.47 Å². The van der Waals surface area contributed by atoms with Gasteiger partial charge in [0.2, 0.25) is 12.7 Å². The summed E-state index contributed by atoms with van der Waals surface area (Å²) in [5.41, 5.74) is 1.07. The number of hydrogen-bond acceptors (Lipinski definition) is 4. The van der Waals surface area contributed by atoms with Gasteiger partial charge in [0, 0.05) is 38.4 Å².